The molecule has 1 N–H and O–H groups in total. The van der Waals surface area contributed by atoms with E-state index in [0.29, 0.717) is 10.6 Å². The lowest BCUT2D eigenvalue weighted by atomic mass is 10.1. The van der Waals surface area contributed by atoms with Crippen molar-refractivity contribution < 1.29 is 22.2 Å². The summed E-state index contributed by atoms with van der Waals surface area (Å²) in [7, 11) is -2.71. The maximum atomic E-state index is 13.8. The van der Waals surface area contributed by atoms with Gasteiger partial charge in [0.2, 0.25) is 5.91 Å². The molecule has 3 aromatic rings. The molecule has 0 radical (unpaired) electrons. The SMILES string of the molecule is Cc1cc(Cl)cc(C(=O)N(C)C2CC2)c1NC(=O)C1CC(S(=O)(=O)Oc2cccnc2)=NN1c1ncccc1Cl. The van der Waals surface area contributed by atoms with E-state index in [0.717, 1.165) is 17.9 Å². The molecular formula is C26H24Cl2N6O5S. The number of pyridine rings is 2. The number of rotatable bonds is 7. The average Bonchev–Trinajstić information content (AvgIpc) is 3.67. The molecule has 0 spiro atoms. The first kappa shape index (κ1) is 27.8. The number of hydrazone groups is 1. The van der Waals surface area contributed by atoms with Gasteiger partial charge in [-0.25, -0.2) is 9.99 Å². The van der Waals surface area contributed by atoms with Crippen LogP contribution in [0, 0.1) is 6.92 Å². The lowest BCUT2D eigenvalue weighted by molar-refractivity contribution is -0.117. The van der Waals surface area contributed by atoms with Crippen molar-refractivity contribution in [3.05, 3.63) is 76.2 Å². The van der Waals surface area contributed by atoms with Crippen LogP contribution < -0.4 is 14.5 Å². The maximum Gasteiger partial charge on any atom is 0.354 e. The van der Waals surface area contributed by atoms with E-state index in [2.05, 4.69) is 20.4 Å². The van der Waals surface area contributed by atoms with Gasteiger partial charge in [-0.15, -0.1) is 0 Å². The number of hydrogen-bond acceptors (Lipinski definition) is 9. The highest BCUT2D eigenvalue weighted by Gasteiger charge is 2.42. The van der Waals surface area contributed by atoms with Gasteiger partial charge in [0.15, 0.2) is 16.6 Å². The Hall–Kier alpha value is -3.74. The summed E-state index contributed by atoms with van der Waals surface area (Å²) in [5.74, 6) is -0.858. The van der Waals surface area contributed by atoms with Crippen LogP contribution in [0.1, 0.15) is 35.2 Å². The number of nitrogens with one attached hydrogen (secondary N) is 1. The molecule has 1 aromatic carbocycles. The molecule has 1 unspecified atom stereocenters. The first-order valence-corrected chi connectivity index (χ1v) is 14.4. The Bertz CT molecular complexity index is 1620. The number of aromatic nitrogens is 2. The molecule has 5 rings (SSSR count). The summed E-state index contributed by atoms with van der Waals surface area (Å²) in [5.41, 5.74) is 1.05. The van der Waals surface area contributed by atoms with Crippen molar-refractivity contribution in [1.82, 2.24) is 14.9 Å². The Morgan fingerprint density at radius 3 is 2.58 bits per heavy atom. The van der Waals surface area contributed by atoms with E-state index >= 15 is 0 Å². The molecule has 1 saturated carbocycles. The fourth-order valence-corrected chi connectivity index (χ4v) is 5.73. The normalized spacial score (nSPS) is 16.9. The van der Waals surface area contributed by atoms with Crippen LogP contribution in [0.4, 0.5) is 11.5 Å². The van der Waals surface area contributed by atoms with E-state index in [-0.39, 0.29) is 46.2 Å². The molecule has 208 valence electrons. The molecule has 1 aliphatic carbocycles. The van der Waals surface area contributed by atoms with Crippen molar-refractivity contribution in [1.29, 1.82) is 0 Å². The summed E-state index contributed by atoms with van der Waals surface area (Å²) in [6, 6.07) is 8.16. The summed E-state index contributed by atoms with van der Waals surface area (Å²) in [5, 5.41) is 8.23. The standard InChI is InChI=1S/C26H24Cl2N6O5S/c1-15-11-16(27)12-19(26(36)33(2)17-7-8-17)23(15)31-25(35)21-13-22(32-34(21)24-20(28)6-4-10-30-24)40(37,38)39-18-5-3-9-29-14-18/h3-6,9-12,14,17,21H,7-8,13H2,1-2H3,(H,31,35). The Labute approximate surface area is 240 Å². The van der Waals surface area contributed by atoms with Gasteiger partial charge in [-0.05, 0) is 61.7 Å². The molecule has 2 amide bonds. The first-order chi connectivity index (χ1) is 19.0. The summed E-state index contributed by atoms with van der Waals surface area (Å²) in [4.78, 5) is 36.7. The highest BCUT2D eigenvalue weighted by Crippen LogP contribution is 2.34. The van der Waals surface area contributed by atoms with Gasteiger partial charge >= 0.3 is 10.1 Å². The molecule has 0 bridgehead atoms. The van der Waals surface area contributed by atoms with Crippen LogP contribution in [0.15, 0.2) is 60.1 Å². The molecule has 1 atom stereocenters. The summed E-state index contributed by atoms with van der Waals surface area (Å²) < 4.78 is 31.4. The predicted octanol–water partition coefficient (Wildman–Crippen LogP) is 4.27. The fourth-order valence-electron chi connectivity index (χ4n) is 4.25. The van der Waals surface area contributed by atoms with Gasteiger partial charge in [0, 0.05) is 36.9 Å². The largest absolute Gasteiger partial charge is 0.376 e. The van der Waals surface area contributed by atoms with Crippen LogP contribution in [0.2, 0.25) is 10.0 Å². The zero-order valence-corrected chi connectivity index (χ0v) is 23.7. The Morgan fingerprint density at radius 2 is 1.90 bits per heavy atom. The summed E-state index contributed by atoms with van der Waals surface area (Å²) in [6.45, 7) is 1.71. The van der Waals surface area contributed by atoms with Gasteiger partial charge in [0.25, 0.3) is 5.91 Å². The highest BCUT2D eigenvalue weighted by molar-refractivity contribution is 8.02. The number of carbonyl (C=O) groups is 2. The molecular weight excluding hydrogens is 579 g/mol. The van der Waals surface area contributed by atoms with Crippen molar-refractivity contribution in [2.75, 3.05) is 17.4 Å². The van der Waals surface area contributed by atoms with Crippen molar-refractivity contribution in [3.63, 3.8) is 0 Å². The minimum atomic E-state index is -4.42. The van der Waals surface area contributed by atoms with Gasteiger partial charge in [-0.2, -0.15) is 13.5 Å². The van der Waals surface area contributed by atoms with Crippen LogP contribution in [0.3, 0.4) is 0 Å². The monoisotopic (exact) mass is 602 g/mol. The third-order valence-corrected chi connectivity index (χ3v) is 8.21. The number of benzene rings is 1. The minimum Gasteiger partial charge on any atom is -0.376 e. The second kappa shape index (κ2) is 11.0. The van der Waals surface area contributed by atoms with Crippen LogP contribution in [-0.2, 0) is 14.9 Å². The number of anilines is 2. The Kier molecular flexibility index (Phi) is 7.67. The zero-order chi connectivity index (χ0) is 28.6. The highest BCUT2D eigenvalue weighted by atomic mass is 35.5. The Morgan fingerprint density at radius 1 is 1.15 bits per heavy atom. The topological polar surface area (TPSA) is 134 Å². The minimum absolute atomic E-state index is 0.0137. The number of aryl methyl sites for hydroxylation is 1. The number of amides is 2. The predicted molar refractivity (Wildman–Crippen MR) is 151 cm³/mol. The van der Waals surface area contributed by atoms with E-state index in [9.17, 15) is 18.0 Å². The van der Waals surface area contributed by atoms with Crippen molar-refractivity contribution >= 4 is 61.7 Å². The molecule has 0 saturated heterocycles. The van der Waals surface area contributed by atoms with E-state index in [1.165, 1.54) is 36.8 Å². The average molecular weight is 603 g/mol. The number of halogens is 2. The van der Waals surface area contributed by atoms with E-state index < -0.39 is 27.1 Å². The van der Waals surface area contributed by atoms with Crippen LogP contribution >= 0.6 is 23.2 Å². The number of nitrogens with zero attached hydrogens (tertiary/aromatic N) is 5. The summed E-state index contributed by atoms with van der Waals surface area (Å²) in [6.07, 6.45) is 5.61. The molecule has 3 heterocycles. The molecule has 2 aliphatic rings. The van der Waals surface area contributed by atoms with Gasteiger partial charge < -0.3 is 14.4 Å². The lowest BCUT2D eigenvalue weighted by Gasteiger charge is -2.24. The van der Waals surface area contributed by atoms with Crippen LogP contribution in [0.25, 0.3) is 0 Å². The van der Waals surface area contributed by atoms with Crippen molar-refractivity contribution in [2.45, 2.75) is 38.3 Å². The molecule has 2 aromatic heterocycles. The zero-order valence-electron chi connectivity index (χ0n) is 21.4. The third-order valence-electron chi connectivity index (χ3n) is 6.46. The van der Waals surface area contributed by atoms with Crippen molar-refractivity contribution in [3.8, 4) is 5.75 Å². The maximum absolute atomic E-state index is 13.8. The molecule has 40 heavy (non-hydrogen) atoms. The molecule has 11 nitrogen and oxygen atoms in total. The second-order valence-electron chi connectivity index (χ2n) is 9.37. The van der Waals surface area contributed by atoms with E-state index in [4.69, 9.17) is 27.4 Å². The molecule has 1 aliphatic heterocycles. The lowest BCUT2D eigenvalue weighted by Crippen LogP contribution is -2.40. The number of hydrogen-bond donors (Lipinski definition) is 1. The smallest absolute Gasteiger partial charge is 0.354 e. The van der Waals surface area contributed by atoms with Gasteiger partial charge in [-0.1, -0.05) is 23.2 Å². The summed E-state index contributed by atoms with van der Waals surface area (Å²) >= 11 is 12.6. The quantitative estimate of drug-likeness (QED) is 0.396. The van der Waals surface area contributed by atoms with Crippen LogP contribution in [-0.4, -0.2) is 59.3 Å². The fraction of sp³-hybridized carbons (Fsp3) is 0.269. The number of carbonyl (C=O) groups excluding carboxylic acids is 2. The molecule has 14 heteroatoms. The van der Waals surface area contributed by atoms with Gasteiger partial charge in [0.1, 0.15) is 6.04 Å². The van der Waals surface area contributed by atoms with Gasteiger partial charge in [-0.3, -0.25) is 14.6 Å². The second-order valence-corrected chi connectivity index (χ2v) is 11.8. The van der Waals surface area contributed by atoms with Crippen molar-refractivity contribution in [2.24, 2.45) is 5.10 Å². The Balaban J connectivity index is 1.48. The molecule has 1 fully saturated rings. The van der Waals surface area contributed by atoms with E-state index in [1.54, 1.807) is 37.1 Å². The van der Waals surface area contributed by atoms with Crippen LogP contribution in [0.5, 0.6) is 5.75 Å². The van der Waals surface area contributed by atoms with Gasteiger partial charge in [0.05, 0.1) is 22.5 Å². The third kappa shape index (κ3) is 5.74. The van der Waals surface area contributed by atoms with E-state index in [1.807, 2.05) is 0 Å². The first-order valence-electron chi connectivity index (χ1n) is 12.2.